The number of pyridine rings is 1. The second-order valence-electron chi connectivity index (χ2n) is 9.00. The maximum absolute atomic E-state index is 9.43. The molecule has 32 heavy (non-hydrogen) atoms. The summed E-state index contributed by atoms with van der Waals surface area (Å²) in [6.07, 6.45) is 7.79. The Morgan fingerprint density at radius 1 is 1.25 bits per heavy atom. The van der Waals surface area contributed by atoms with Crippen molar-refractivity contribution in [2.45, 2.75) is 44.1 Å². The van der Waals surface area contributed by atoms with Gasteiger partial charge in [0, 0.05) is 38.3 Å². The minimum atomic E-state index is -0.370. The Bertz CT molecular complexity index is 1060. The number of fused-ring (bicyclic) bond motifs is 1. The van der Waals surface area contributed by atoms with Crippen molar-refractivity contribution in [3.63, 3.8) is 0 Å². The summed E-state index contributed by atoms with van der Waals surface area (Å²) in [7, 11) is 0. The number of aromatic nitrogens is 5. The SMILES string of the molecule is CC1(C)CN(c2nc(N[C@@H]3COC[C@@H]3n3ccnc3)c3ncccc3n2)CC(CCO)O1. The predicted molar refractivity (Wildman–Crippen MR) is 120 cm³/mol. The summed E-state index contributed by atoms with van der Waals surface area (Å²) < 4.78 is 14.0. The number of aliphatic hydroxyl groups excluding tert-OH is 1. The Morgan fingerprint density at radius 2 is 2.16 bits per heavy atom. The molecule has 2 saturated heterocycles. The van der Waals surface area contributed by atoms with Crippen LogP contribution in [0.3, 0.4) is 0 Å². The second-order valence-corrected chi connectivity index (χ2v) is 9.00. The maximum Gasteiger partial charge on any atom is 0.228 e. The van der Waals surface area contributed by atoms with Gasteiger partial charge in [0.15, 0.2) is 5.82 Å². The molecule has 0 spiro atoms. The van der Waals surface area contributed by atoms with Crippen molar-refractivity contribution >= 4 is 22.8 Å². The molecular formula is C22H29N7O3. The van der Waals surface area contributed by atoms with Crippen molar-refractivity contribution in [1.29, 1.82) is 0 Å². The molecule has 10 nitrogen and oxygen atoms in total. The number of nitrogens with zero attached hydrogens (tertiary/aromatic N) is 6. The third-order valence-electron chi connectivity index (χ3n) is 5.94. The van der Waals surface area contributed by atoms with Crippen molar-refractivity contribution in [2.75, 3.05) is 43.1 Å². The number of nitrogens with one attached hydrogen (secondary N) is 1. The average Bonchev–Trinajstić information content (AvgIpc) is 3.44. The highest BCUT2D eigenvalue weighted by atomic mass is 16.5. The highest BCUT2D eigenvalue weighted by Gasteiger charge is 2.35. The zero-order chi connectivity index (χ0) is 22.1. The van der Waals surface area contributed by atoms with Gasteiger partial charge in [-0.15, -0.1) is 0 Å². The van der Waals surface area contributed by atoms with Crippen LogP contribution >= 0.6 is 0 Å². The van der Waals surface area contributed by atoms with Crippen molar-refractivity contribution in [2.24, 2.45) is 0 Å². The van der Waals surface area contributed by atoms with E-state index in [-0.39, 0.29) is 30.4 Å². The predicted octanol–water partition coefficient (Wildman–Crippen LogP) is 1.64. The summed E-state index contributed by atoms with van der Waals surface area (Å²) in [5, 5.41) is 13.0. The first-order valence-electron chi connectivity index (χ1n) is 11.0. The van der Waals surface area contributed by atoms with Crippen molar-refractivity contribution < 1.29 is 14.6 Å². The van der Waals surface area contributed by atoms with Crippen LogP contribution in [0.15, 0.2) is 37.1 Å². The molecule has 0 aliphatic carbocycles. The number of morpholine rings is 1. The largest absolute Gasteiger partial charge is 0.396 e. The molecular weight excluding hydrogens is 410 g/mol. The van der Waals surface area contributed by atoms with Gasteiger partial charge in [-0.05, 0) is 32.4 Å². The molecule has 2 aliphatic heterocycles. The van der Waals surface area contributed by atoms with Crippen LogP contribution in [-0.4, -0.2) is 80.3 Å². The van der Waals surface area contributed by atoms with Gasteiger partial charge in [0.25, 0.3) is 0 Å². The number of anilines is 2. The highest BCUT2D eigenvalue weighted by Crippen LogP contribution is 2.30. The molecule has 170 valence electrons. The van der Waals surface area contributed by atoms with Crippen LogP contribution in [0.4, 0.5) is 11.8 Å². The minimum absolute atomic E-state index is 0.0282. The number of aliphatic hydroxyl groups is 1. The van der Waals surface area contributed by atoms with E-state index in [1.165, 1.54) is 0 Å². The molecule has 2 N–H and O–H groups in total. The zero-order valence-corrected chi connectivity index (χ0v) is 18.4. The Morgan fingerprint density at radius 3 is 2.97 bits per heavy atom. The van der Waals surface area contributed by atoms with Crippen molar-refractivity contribution in [1.82, 2.24) is 24.5 Å². The topological polar surface area (TPSA) is 110 Å². The second kappa shape index (κ2) is 8.61. The van der Waals surface area contributed by atoms with Gasteiger partial charge in [0.2, 0.25) is 5.95 Å². The summed E-state index contributed by atoms with van der Waals surface area (Å²) in [5.74, 6) is 1.32. The number of imidazole rings is 1. The standard InChI is InChI=1S/C22H29N7O3/c1-22(2)13-29(10-15(32-22)5-9-30)21-26-16-4-3-6-24-19(16)20(27-21)25-17-11-31-12-18(17)28-8-7-23-14-28/h3-4,6-8,14-15,17-18,30H,5,9-13H2,1-2H3,(H,25,26,27)/t15?,17-,18+/m1/s1. The van der Waals surface area contributed by atoms with E-state index in [0.29, 0.717) is 44.5 Å². The van der Waals surface area contributed by atoms with E-state index in [0.717, 1.165) is 11.0 Å². The van der Waals surface area contributed by atoms with Gasteiger partial charge >= 0.3 is 0 Å². The molecule has 5 heterocycles. The Labute approximate surface area is 186 Å². The molecule has 2 aliphatic rings. The number of hydrogen-bond acceptors (Lipinski definition) is 9. The number of hydrogen-bond donors (Lipinski definition) is 2. The first kappa shape index (κ1) is 21.0. The molecule has 0 amide bonds. The summed E-state index contributed by atoms with van der Waals surface area (Å²) >= 11 is 0. The Hall–Kier alpha value is -2.82. The monoisotopic (exact) mass is 439 g/mol. The van der Waals surface area contributed by atoms with Crippen LogP contribution in [0.2, 0.25) is 0 Å². The fourth-order valence-corrected chi connectivity index (χ4v) is 4.56. The van der Waals surface area contributed by atoms with Crippen LogP contribution < -0.4 is 10.2 Å². The van der Waals surface area contributed by atoms with E-state index in [2.05, 4.69) is 38.6 Å². The van der Waals surface area contributed by atoms with Crippen LogP contribution in [-0.2, 0) is 9.47 Å². The summed E-state index contributed by atoms with van der Waals surface area (Å²) in [6, 6.07) is 3.98. The molecule has 2 fully saturated rings. The van der Waals surface area contributed by atoms with Crippen LogP contribution in [0.5, 0.6) is 0 Å². The molecule has 3 atom stereocenters. The third kappa shape index (κ3) is 4.25. The fourth-order valence-electron chi connectivity index (χ4n) is 4.56. The lowest BCUT2D eigenvalue weighted by Crippen LogP contribution is -2.53. The van der Waals surface area contributed by atoms with E-state index in [1.807, 2.05) is 24.7 Å². The zero-order valence-electron chi connectivity index (χ0n) is 18.4. The van der Waals surface area contributed by atoms with Crippen molar-refractivity contribution in [3.05, 3.63) is 37.1 Å². The minimum Gasteiger partial charge on any atom is -0.396 e. The lowest BCUT2D eigenvalue weighted by Gasteiger charge is -2.42. The lowest BCUT2D eigenvalue weighted by molar-refractivity contribution is -0.0902. The van der Waals surface area contributed by atoms with E-state index in [1.54, 1.807) is 12.4 Å². The molecule has 3 aromatic rings. The van der Waals surface area contributed by atoms with Gasteiger partial charge in [-0.2, -0.15) is 4.98 Å². The van der Waals surface area contributed by atoms with E-state index < -0.39 is 0 Å². The fraction of sp³-hybridized carbons (Fsp3) is 0.545. The van der Waals surface area contributed by atoms with E-state index in [4.69, 9.17) is 19.4 Å². The highest BCUT2D eigenvalue weighted by molar-refractivity contribution is 5.86. The summed E-state index contributed by atoms with van der Waals surface area (Å²) in [6.45, 7) is 6.65. The normalized spacial score (nSPS) is 25.3. The van der Waals surface area contributed by atoms with Crippen LogP contribution in [0.1, 0.15) is 26.3 Å². The van der Waals surface area contributed by atoms with Gasteiger partial charge < -0.3 is 29.4 Å². The van der Waals surface area contributed by atoms with Gasteiger partial charge in [0.05, 0.1) is 48.8 Å². The molecule has 0 bridgehead atoms. The third-order valence-corrected chi connectivity index (χ3v) is 5.94. The van der Waals surface area contributed by atoms with Gasteiger partial charge in [-0.25, -0.2) is 9.97 Å². The van der Waals surface area contributed by atoms with Gasteiger partial charge in [-0.1, -0.05) is 0 Å². The van der Waals surface area contributed by atoms with E-state index >= 15 is 0 Å². The number of rotatable bonds is 6. The molecule has 10 heteroatoms. The van der Waals surface area contributed by atoms with Crippen LogP contribution in [0, 0.1) is 0 Å². The van der Waals surface area contributed by atoms with Gasteiger partial charge in [-0.3, -0.25) is 4.98 Å². The van der Waals surface area contributed by atoms with E-state index in [9.17, 15) is 5.11 Å². The summed E-state index contributed by atoms with van der Waals surface area (Å²) in [4.78, 5) is 20.6. The molecule has 0 radical (unpaired) electrons. The molecule has 3 aromatic heterocycles. The number of ether oxygens (including phenoxy) is 2. The Kier molecular flexibility index (Phi) is 5.66. The first-order valence-corrected chi connectivity index (χ1v) is 11.0. The van der Waals surface area contributed by atoms with Gasteiger partial charge in [0.1, 0.15) is 5.52 Å². The Balaban J connectivity index is 1.48. The molecule has 0 aromatic carbocycles. The quantitative estimate of drug-likeness (QED) is 0.592. The summed E-state index contributed by atoms with van der Waals surface area (Å²) in [5.41, 5.74) is 1.14. The van der Waals surface area contributed by atoms with Crippen molar-refractivity contribution in [3.8, 4) is 0 Å². The smallest absolute Gasteiger partial charge is 0.228 e. The average molecular weight is 440 g/mol. The first-order chi connectivity index (χ1) is 15.5. The maximum atomic E-state index is 9.43. The lowest BCUT2D eigenvalue weighted by atomic mass is 10.0. The molecule has 5 rings (SSSR count). The van der Waals surface area contributed by atoms with Crippen LogP contribution in [0.25, 0.3) is 11.0 Å². The molecule has 1 unspecified atom stereocenters. The molecule has 0 saturated carbocycles.